The normalized spacial score (nSPS) is 16.9. The van der Waals surface area contributed by atoms with E-state index in [0.29, 0.717) is 29.5 Å². The Morgan fingerprint density at radius 2 is 1.68 bits per heavy atom. The fraction of sp³-hybridized carbons (Fsp3) is 0.241. The van der Waals surface area contributed by atoms with E-state index in [1.807, 2.05) is 31.2 Å². The van der Waals surface area contributed by atoms with Gasteiger partial charge in [0.25, 0.3) is 11.7 Å². The molecule has 1 aliphatic heterocycles. The highest BCUT2D eigenvalue weighted by Gasteiger charge is 2.47. The van der Waals surface area contributed by atoms with Crippen molar-refractivity contribution in [2.45, 2.75) is 26.8 Å². The van der Waals surface area contributed by atoms with E-state index in [-0.39, 0.29) is 32.7 Å². The molecule has 1 aliphatic rings. The molecule has 1 saturated heterocycles. The summed E-state index contributed by atoms with van der Waals surface area (Å²) >= 11 is 12.6. The zero-order valence-electron chi connectivity index (χ0n) is 20.9. The average molecular weight is 540 g/mol. The molecule has 6 nitrogen and oxygen atoms in total. The fourth-order valence-electron chi connectivity index (χ4n) is 4.27. The summed E-state index contributed by atoms with van der Waals surface area (Å²) in [6, 6.07) is 16.4. The highest BCUT2D eigenvalue weighted by atomic mass is 35.5. The number of aliphatic hydroxyl groups excluding tert-OH is 1. The number of hydrogen-bond donors (Lipinski definition) is 1. The minimum absolute atomic E-state index is 0.0620. The maximum Gasteiger partial charge on any atom is 0.300 e. The maximum atomic E-state index is 13.4. The molecule has 1 atom stereocenters. The summed E-state index contributed by atoms with van der Waals surface area (Å²) in [4.78, 5) is 28.2. The number of aryl methyl sites for hydroxylation is 1. The molecule has 3 aromatic rings. The molecular weight excluding hydrogens is 513 g/mol. The minimum Gasteiger partial charge on any atom is -0.507 e. The molecule has 8 heteroatoms. The van der Waals surface area contributed by atoms with Gasteiger partial charge in [-0.1, -0.05) is 66.9 Å². The number of carbonyl (C=O) groups is 2. The lowest BCUT2D eigenvalue weighted by atomic mass is 9.94. The molecular formula is C29H27Cl2NO5. The van der Waals surface area contributed by atoms with Gasteiger partial charge in [0.15, 0.2) is 5.75 Å². The number of hydrogen-bond acceptors (Lipinski definition) is 5. The quantitative estimate of drug-likeness (QED) is 0.199. The van der Waals surface area contributed by atoms with E-state index < -0.39 is 17.7 Å². The summed E-state index contributed by atoms with van der Waals surface area (Å²) < 4.78 is 11.0. The molecule has 1 N–H and O–H groups in total. The Kier molecular flexibility index (Phi) is 7.81. The Labute approximate surface area is 226 Å². The molecule has 0 spiro atoms. The SMILES string of the molecule is COc1c(Cl)cc(/C(O)=C2\C(=O)C(=O)N(c3ccc(OCC(C)C)cc3)C2c2cccc(C)c2)cc1Cl. The van der Waals surface area contributed by atoms with Crippen LogP contribution in [0.3, 0.4) is 0 Å². The number of ether oxygens (including phenoxy) is 2. The molecule has 1 heterocycles. The lowest BCUT2D eigenvalue weighted by Gasteiger charge is -2.26. The van der Waals surface area contributed by atoms with Crippen LogP contribution in [0, 0.1) is 12.8 Å². The number of carbonyl (C=O) groups excluding carboxylic acids is 2. The Morgan fingerprint density at radius 3 is 2.24 bits per heavy atom. The number of halogens is 2. The van der Waals surface area contributed by atoms with Crippen molar-refractivity contribution >= 4 is 46.3 Å². The summed E-state index contributed by atoms with van der Waals surface area (Å²) in [5.74, 6) is -0.685. The van der Waals surface area contributed by atoms with Crippen LogP contribution in [0.25, 0.3) is 5.76 Å². The van der Waals surface area contributed by atoms with Crippen molar-refractivity contribution in [3.63, 3.8) is 0 Å². The molecule has 1 fully saturated rings. The van der Waals surface area contributed by atoms with E-state index in [4.69, 9.17) is 32.7 Å². The summed E-state index contributed by atoms with van der Waals surface area (Å²) in [5, 5.41) is 11.7. The number of rotatable bonds is 7. The number of aliphatic hydroxyl groups is 1. The Hall–Kier alpha value is -3.48. The zero-order chi connectivity index (χ0) is 26.9. The number of benzene rings is 3. The van der Waals surface area contributed by atoms with Gasteiger partial charge in [-0.3, -0.25) is 14.5 Å². The van der Waals surface area contributed by atoms with Gasteiger partial charge in [-0.2, -0.15) is 0 Å². The molecule has 0 saturated carbocycles. The van der Waals surface area contributed by atoms with E-state index in [0.717, 1.165) is 5.56 Å². The van der Waals surface area contributed by atoms with Crippen LogP contribution in [0.5, 0.6) is 11.5 Å². The zero-order valence-corrected chi connectivity index (χ0v) is 22.4. The molecule has 0 bridgehead atoms. The van der Waals surface area contributed by atoms with Gasteiger partial charge in [0.05, 0.1) is 35.4 Å². The first kappa shape index (κ1) is 26.6. The van der Waals surface area contributed by atoms with Crippen LogP contribution in [-0.2, 0) is 9.59 Å². The predicted molar refractivity (Wildman–Crippen MR) is 146 cm³/mol. The van der Waals surface area contributed by atoms with Crippen LogP contribution in [0.1, 0.15) is 36.6 Å². The second-order valence-corrected chi connectivity index (χ2v) is 10.1. The van der Waals surface area contributed by atoms with Crippen molar-refractivity contribution in [3.8, 4) is 11.5 Å². The van der Waals surface area contributed by atoms with E-state index in [1.165, 1.54) is 24.1 Å². The van der Waals surface area contributed by atoms with Gasteiger partial charge in [-0.05, 0) is 54.8 Å². The highest BCUT2D eigenvalue weighted by molar-refractivity contribution is 6.51. The smallest absolute Gasteiger partial charge is 0.300 e. The topological polar surface area (TPSA) is 76.1 Å². The first-order valence-corrected chi connectivity index (χ1v) is 12.5. The van der Waals surface area contributed by atoms with Crippen molar-refractivity contribution in [1.29, 1.82) is 0 Å². The van der Waals surface area contributed by atoms with Gasteiger partial charge < -0.3 is 14.6 Å². The van der Waals surface area contributed by atoms with Gasteiger partial charge in [0, 0.05) is 11.3 Å². The van der Waals surface area contributed by atoms with Crippen molar-refractivity contribution < 1.29 is 24.2 Å². The third-order valence-corrected chi connectivity index (χ3v) is 6.54. The first-order valence-electron chi connectivity index (χ1n) is 11.8. The summed E-state index contributed by atoms with van der Waals surface area (Å²) in [7, 11) is 1.43. The maximum absolute atomic E-state index is 13.4. The minimum atomic E-state index is -0.873. The molecule has 4 rings (SSSR count). The Bertz CT molecular complexity index is 1360. The van der Waals surface area contributed by atoms with E-state index in [2.05, 4.69) is 13.8 Å². The molecule has 0 radical (unpaired) electrons. The van der Waals surface area contributed by atoms with Crippen molar-refractivity contribution in [1.82, 2.24) is 0 Å². The summed E-state index contributed by atoms with van der Waals surface area (Å²) in [5.41, 5.74) is 2.25. The molecule has 37 heavy (non-hydrogen) atoms. The van der Waals surface area contributed by atoms with Crippen LogP contribution in [0.2, 0.25) is 10.0 Å². The third-order valence-electron chi connectivity index (χ3n) is 5.98. The lowest BCUT2D eigenvalue weighted by Crippen LogP contribution is -2.29. The molecule has 1 unspecified atom stereocenters. The number of nitrogens with zero attached hydrogens (tertiary/aromatic N) is 1. The average Bonchev–Trinajstić information content (AvgIpc) is 3.12. The van der Waals surface area contributed by atoms with E-state index in [9.17, 15) is 14.7 Å². The van der Waals surface area contributed by atoms with Crippen molar-refractivity contribution in [2.75, 3.05) is 18.6 Å². The van der Waals surface area contributed by atoms with Gasteiger partial charge in [0.2, 0.25) is 0 Å². The molecule has 1 amide bonds. The fourth-order valence-corrected chi connectivity index (χ4v) is 4.91. The predicted octanol–water partition coefficient (Wildman–Crippen LogP) is 6.97. The molecule has 3 aromatic carbocycles. The number of anilines is 1. The molecule has 0 aliphatic carbocycles. The van der Waals surface area contributed by atoms with Crippen LogP contribution < -0.4 is 14.4 Å². The van der Waals surface area contributed by atoms with Gasteiger partial charge in [0.1, 0.15) is 11.5 Å². The van der Waals surface area contributed by atoms with Gasteiger partial charge in [-0.25, -0.2) is 0 Å². The third kappa shape index (κ3) is 5.31. The number of ketones is 1. The van der Waals surface area contributed by atoms with Crippen molar-refractivity contribution in [3.05, 3.63) is 93.0 Å². The second kappa shape index (κ2) is 10.9. The van der Waals surface area contributed by atoms with Crippen molar-refractivity contribution in [2.24, 2.45) is 5.92 Å². The Balaban J connectivity index is 1.86. The molecule has 192 valence electrons. The van der Waals surface area contributed by atoms with Crippen LogP contribution >= 0.6 is 23.2 Å². The monoisotopic (exact) mass is 539 g/mol. The number of Topliss-reactive ketones (excluding diaryl/α,β-unsaturated/α-hetero) is 1. The second-order valence-electron chi connectivity index (χ2n) is 9.26. The summed E-state index contributed by atoms with van der Waals surface area (Å²) in [6.45, 7) is 6.58. The van der Waals surface area contributed by atoms with E-state index >= 15 is 0 Å². The van der Waals surface area contributed by atoms with Gasteiger partial charge >= 0.3 is 0 Å². The number of amides is 1. The number of methoxy groups -OCH3 is 1. The molecule has 0 aromatic heterocycles. The Morgan fingerprint density at radius 1 is 1.03 bits per heavy atom. The summed E-state index contributed by atoms with van der Waals surface area (Å²) in [6.07, 6.45) is 0. The highest BCUT2D eigenvalue weighted by Crippen LogP contribution is 2.44. The lowest BCUT2D eigenvalue weighted by molar-refractivity contribution is -0.132. The largest absolute Gasteiger partial charge is 0.507 e. The van der Waals surface area contributed by atoms with Crippen LogP contribution in [0.4, 0.5) is 5.69 Å². The van der Waals surface area contributed by atoms with Crippen LogP contribution in [-0.4, -0.2) is 30.5 Å². The van der Waals surface area contributed by atoms with E-state index in [1.54, 1.807) is 24.3 Å². The standard InChI is InChI=1S/C29H27Cl2NO5/c1-16(2)15-37-21-10-8-20(9-11-21)32-25(18-7-5-6-17(3)12-18)24(27(34)29(32)35)26(33)19-13-22(30)28(36-4)23(31)14-19/h5-14,16,25,33H,15H2,1-4H3/b26-24+. The van der Waals surface area contributed by atoms with Crippen LogP contribution in [0.15, 0.2) is 66.2 Å². The van der Waals surface area contributed by atoms with Gasteiger partial charge in [-0.15, -0.1) is 0 Å². The first-order chi connectivity index (χ1) is 17.6.